The minimum absolute atomic E-state index is 0. The lowest BCUT2D eigenvalue weighted by Gasteiger charge is -2.42. The summed E-state index contributed by atoms with van der Waals surface area (Å²) in [5, 5.41) is 0. The molecule has 0 N–H and O–H groups in total. The van der Waals surface area contributed by atoms with Crippen LogP contribution in [0.5, 0.6) is 0 Å². The Morgan fingerprint density at radius 2 is 1.57 bits per heavy atom. The lowest BCUT2D eigenvalue weighted by atomic mass is 9.74. The second kappa shape index (κ2) is 6.51. The molecule has 1 unspecified atom stereocenters. The number of aryl methyl sites for hydroxylation is 1. The van der Waals surface area contributed by atoms with Gasteiger partial charge in [-0.3, -0.25) is 0 Å². The van der Waals surface area contributed by atoms with E-state index >= 15 is 0 Å². The van der Waals surface area contributed by atoms with Crippen LogP contribution in [0.3, 0.4) is 0 Å². The van der Waals surface area contributed by atoms with Crippen LogP contribution in [0.2, 0.25) is 0 Å². The van der Waals surface area contributed by atoms with Crippen molar-refractivity contribution in [3.63, 3.8) is 0 Å². The van der Waals surface area contributed by atoms with Gasteiger partial charge in [0.1, 0.15) is 0 Å². The minimum atomic E-state index is 0. The number of hydrogen-bond donors (Lipinski definition) is 0. The Morgan fingerprint density at radius 3 is 2.26 bits per heavy atom. The van der Waals surface area contributed by atoms with Crippen LogP contribution in [0.1, 0.15) is 35.4 Å². The van der Waals surface area contributed by atoms with E-state index in [1.54, 1.807) is 5.56 Å². The molecule has 2 aromatic carbocycles. The van der Waals surface area contributed by atoms with Gasteiger partial charge in [0.2, 0.25) is 0 Å². The third-order valence-electron chi connectivity index (χ3n) is 5.40. The zero-order valence-corrected chi connectivity index (χ0v) is 15.4. The van der Waals surface area contributed by atoms with Crippen LogP contribution in [0, 0.1) is 6.92 Å². The highest BCUT2D eigenvalue weighted by Crippen LogP contribution is 2.60. The van der Waals surface area contributed by atoms with Gasteiger partial charge < -0.3 is 4.90 Å². The smallest absolute Gasteiger partial charge is 0.0341 e. The number of likely N-dealkylation sites (tertiary alicyclic amines) is 1. The van der Waals surface area contributed by atoms with Crippen LogP contribution < -0.4 is 0 Å². The van der Waals surface area contributed by atoms with E-state index < -0.39 is 0 Å². The van der Waals surface area contributed by atoms with E-state index in [0.29, 0.717) is 10.7 Å². The summed E-state index contributed by atoms with van der Waals surface area (Å²) < 4.78 is 0.350. The molecule has 0 radical (unpaired) electrons. The van der Waals surface area contributed by atoms with Gasteiger partial charge in [-0.05, 0) is 62.7 Å². The third kappa shape index (κ3) is 2.82. The molecule has 2 aliphatic rings. The van der Waals surface area contributed by atoms with Crippen molar-refractivity contribution in [1.29, 1.82) is 0 Å². The Hall–Kier alpha value is -0.960. The highest BCUT2D eigenvalue weighted by molar-refractivity contribution is 8.01. The topological polar surface area (TPSA) is 3.24 Å². The molecule has 0 saturated carbocycles. The summed E-state index contributed by atoms with van der Waals surface area (Å²) >= 11 is 2.15. The second-order valence-electron chi connectivity index (χ2n) is 6.80. The maximum atomic E-state index is 2.48. The molecule has 0 aromatic heterocycles. The van der Waals surface area contributed by atoms with Crippen molar-refractivity contribution in [3.8, 4) is 0 Å². The molecule has 1 spiro atoms. The quantitative estimate of drug-likeness (QED) is 0.705. The third-order valence-corrected chi connectivity index (χ3v) is 7.04. The number of benzene rings is 2. The van der Waals surface area contributed by atoms with Crippen LogP contribution >= 0.6 is 24.2 Å². The van der Waals surface area contributed by atoms with Crippen LogP contribution in [0.4, 0.5) is 0 Å². The summed E-state index contributed by atoms with van der Waals surface area (Å²) in [6.45, 7) is 4.69. The summed E-state index contributed by atoms with van der Waals surface area (Å²) in [5.41, 5.74) is 4.51. The molecule has 2 aliphatic heterocycles. The van der Waals surface area contributed by atoms with Crippen molar-refractivity contribution in [2.75, 3.05) is 20.1 Å². The summed E-state index contributed by atoms with van der Waals surface area (Å²) in [4.78, 5) is 3.98. The van der Waals surface area contributed by atoms with Gasteiger partial charge in [0.15, 0.2) is 0 Å². The average Bonchev–Trinajstić information content (AvgIpc) is 2.85. The summed E-state index contributed by atoms with van der Waals surface area (Å²) in [5.74, 6) is 0.545. The summed E-state index contributed by atoms with van der Waals surface area (Å²) in [6.07, 6.45) is 2.56. The first-order valence-electron chi connectivity index (χ1n) is 8.22. The SMILES string of the molecule is Cc1ccccc1C1c2ccccc2SC12CCN(C)CC2.Cl. The van der Waals surface area contributed by atoms with Gasteiger partial charge >= 0.3 is 0 Å². The minimum Gasteiger partial charge on any atom is -0.306 e. The fourth-order valence-electron chi connectivity index (χ4n) is 4.12. The molecule has 0 amide bonds. The Kier molecular flexibility index (Phi) is 4.78. The van der Waals surface area contributed by atoms with Gasteiger partial charge in [-0.1, -0.05) is 42.5 Å². The second-order valence-corrected chi connectivity index (χ2v) is 8.25. The largest absolute Gasteiger partial charge is 0.306 e. The molecule has 122 valence electrons. The summed E-state index contributed by atoms with van der Waals surface area (Å²) in [6, 6.07) is 18.1. The molecular formula is C20H24ClNS. The number of hydrogen-bond acceptors (Lipinski definition) is 2. The molecule has 1 atom stereocenters. The molecule has 1 nitrogen and oxygen atoms in total. The van der Waals surface area contributed by atoms with Crippen LogP contribution in [-0.4, -0.2) is 29.8 Å². The van der Waals surface area contributed by atoms with Crippen molar-refractivity contribution in [2.45, 2.75) is 35.3 Å². The molecular weight excluding hydrogens is 322 g/mol. The molecule has 0 aliphatic carbocycles. The lowest BCUT2D eigenvalue weighted by molar-refractivity contribution is 0.230. The molecule has 2 heterocycles. The van der Waals surface area contributed by atoms with Crippen molar-refractivity contribution in [2.24, 2.45) is 0 Å². The number of fused-ring (bicyclic) bond motifs is 1. The van der Waals surface area contributed by atoms with Gasteiger partial charge in [0.05, 0.1) is 0 Å². The van der Waals surface area contributed by atoms with E-state index in [0.717, 1.165) is 0 Å². The van der Waals surface area contributed by atoms with Crippen molar-refractivity contribution in [3.05, 3.63) is 65.2 Å². The van der Waals surface area contributed by atoms with E-state index in [1.165, 1.54) is 42.0 Å². The van der Waals surface area contributed by atoms with E-state index in [-0.39, 0.29) is 12.4 Å². The average molecular weight is 346 g/mol. The maximum absolute atomic E-state index is 2.48. The number of thioether (sulfide) groups is 1. The summed E-state index contributed by atoms with van der Waals surface area (Å²) in [7, 11) is 2.25. The fourth-order valence-corrected chi connectivity index (χ4v) is 5.77. The van der Waals surface area contributed by atoms with E-state index in [1.807, 2.05) is 0 Å². The maximum Gasteiger partial charge on any atom is 0.0341 e. The van der Waals surface area contributed by atoms with E-state index in [9.17, 15) is 0 Å². The van der Waals surface area contributed by atoms with Crippen LogP contribution in [-0.2, 0) is 0 Å². The van der Waals surface area contributed by atoms with E-state index in [2.05, 4.69) is 79.2 Å². The Labute approximate surface area is 149 Å². The number of rotatable bonds is 1. The first-order chi connectivity index (χ1) is 10.7. The highest BCUT2D eigenvalue weighted by atomic mass is 35.5. The van der Waals surface area contributed by atoms with Gasteiger partial charge in [-0.15, -0.1) is 24.2 Å². The van der Waals surface area contributed by atoms with E-state index in [4.69, 9.17) is 0 Å². The predicted molar refractivity (Wildman–Crippen MR) is 102 cm³/mol. The van der Waals surface area contributed by atoms with Gasteiger partial charge in [-0.2, -0.15) is 0 Å². The van der Waals surface area contributed by atoms with Gasteiger partial charge in [0.25, 0.3) is 0 Å². The fraction of sp³-hybridized carbons (Fsp3) is 0.400. The normalized spacial score (nSPS) is 22.6. The molecule has 1 saturated heterocycles. The Bertz CT molecular complexity index is 692. The first kappa shape index (κ1) is 16.9. The van der Waals surface area contributed by atoms with Gasteiger partial charge in [-0.25, -0.2) is 0 Å². The molecule has 23 heavy (non-hydrogen) atoms. The van der Waals surface area contributed by atoms with Crippen molar-refractivity contribution in [1.82, 2.24) is 4.90 Å². The highest BCUT2D eigenvalue weighted by Gasteiger charge is 2.48. The van der Waals surface area contributed by atoms with Crippen molar-refractivity contribution >= 4 is 24.2 Å². The number of piperidine rings is 1. The first-order valence-corrected chi connectivity index (χ1v) is 9.03. The Morgan fingerprint density at radius 1 is 0.957 bits per heavy atom. The molecule has 2 aromatic rings. The molecule has 3 heteroatoms. The number of halogens is 1. The zero-order valence-electron chi connectivity index (χ0n) is 13.8. The molecule has 1 fully saturated rings. The number of nitrogens with zero attached hydrogens (tertiary/aromatic N) is 1. The molecule has 4 rings (SSSR count). The molecule has 0 bridgehead atoms. The van der Waals surface area contributed by atoms with Crippen molar-refractivity contribution < 1.29 is 0 Å². The standard InChI is InChI=1S/C20H23NS.ClH/c1-15-7-3-4-8-16(15)19-17-9-5-6-10-18(17)22-20(19)11-13-21(2)14-12-20;/h3-10,19H,11-14H2,1-2H3;1H. The predicted octanol–water partition coefficient (Wildman–Crippen LogP) is 5.12. The van der Waals surface area contributed by atoms with Crippen LogP contribution in [0.25, 0.3) is 0 Å². The van der Waals surface area contributed by atoms with Gasteiger partial charge in [0, 0.05) is 15.6 Å². The lowest BCUT2D eigenvalue weighted by Crippen LogP contribution is -2.43. The zero-order chi connectivity index (χ0) is 15.2. The monoisotopic (exact) mass is 345 g/mol. The van der Waals surface area contributed by atoms with Crippen LogP contribution in [0.15, 0.2) is 53.4 Å². The Balaban J connectivity index is 0.00000156.